The lowest BCUT2D eigenvalue weighted by Crippen LogP contribution is -2.50. The number of rotatable bonds is 5. The predicted molar refractivity (Wildman–Crippen MR) is 48.8 cm³/mol. The third kappa shape index (κ3) is 2.80. The largest absolute Gasteiger partial charge is 0.379 e. The number of nitriles is 1. The first-order valence-corrected chi connectivity index (χ1v) is 4.29. The van der Waals surface area contributed by atoms with Crippen molar-refractivity contribution < 1.29 is 4.74 Å². The minimum absolute atomic E-state index is 0.0888. The summed E-state index contributed by atoms with van der Waals surface area (Å²) in [5, 5.41) is 12.1. The second kappa shape index (κ2) is 5.13. The van der Waals surface area contributed by atoms with E-state index in [9.17, 15) is 0 Å². The van der Waals surface area contributed by atoms with Crippen LogP contribution in [0, 0.1) is 11.3 Å². The van der Waals surface area contributed by atoms with Gasteiger partial charge in [0, 0.05) is 7.11 Å². The van der Waals surface area contributed by atoms with E-state index in [0.717, 1.165) is 13.0 Å². The quantitative estimate of drug-likeness (QED) is 0.676. The van der Waals surface area contributed by atoms with E-state index in [2.05, 4.69) is 18.3 Å². The van der Waals surface area contributed by atoms with E-state index in [1.807, 2.05) is 13.8 Å². The first-order valence-electron chi connectivity index (χ1n) is 4.29. The number of ether oxygens (including phenoxy) is 1. The van der Waals surface area contributed by atoms with Crippen LogP contribution in [0.15, 0.2) is 0 Å². The maximum Gasteiger partial charge on any atom is 0.130 e. The molecule has 2 atom stereocenters. The first-order chi connectivity index (χ1) is 5.60. The first kappa shape index (κ1) is 11.4. The summed E-state index contributed by atoms with van der Waals surface area (Å²) in [7, 11) is 1.62. The molecule has 0 aliphatic carbocycles. The van der Waals surface area contributed by atoms with Gasteiger partial charge in [-0.3, -0.25) is 5.32 Å². The molecule has 70 valence electrons. The van der Waals surface area contributed by atoms with Crippen molar-refractivity contribution in [2.75, 3.05) is 13.7 Å². The Hall–Kier alpha value is -0.590. The molecule has 0 aliphatic heterocycles. The Bertz CT molecular complexity index is 164. The summed E-state index contributed by atoms with van der Waals surface area (Å²) in [5.74, 6) is 0. The standard InChI is InChI=1S/C9H18N2O/c1-5-6-11-9(3,7-10)8(2)12-4/h8,11H,5-6H2,1-4H3. The fourth-order valence-corrected chi connectivity index (χ4v) is 0.895. The molecule has 0 rings (SSSR count). The maximum atomic E-state index is 8.92. The fraction of sp³-hybridized carbons (Fsp3) is 0.889. The smallest absolute Gasteiger partial charge is 0.130 e. The number of nitrogens with zero attached hydrogens (tertiary/aromatic N) is 1. The van der Waals surface area contributed by atoms with Gasteiger partial charge in [-0.2, -0.15) is 5.26 Å². The van der Waals surface area contributed by atoms with Gasteiger partial charge < -0.3 is 4.74 Å². The molecule has 0 radical (unpaired) electrons. The van der Waals surface area contributed by atoms with Crippen molar-refractivity contribution in [1.82, 2.24) is 5.32 Å². The molecule has 2 unspecified atom stereocenters. The minimum atomic E-state index is -0.565. The number of hydrogen-bond acceptors (Lipinski definition) is 3. The molecule has 0 spiro atoms. The van der Waals surface area contributed by atoms with Gasteiger partial charge in [-0.05, 0) is 26.8 Å². The summed E-state index contributed by atoms with van der Waals surface area (Å²) in [6, 6.07) is 2.23. The van der Waals surface area contributed by atoms with E-state index in [4.69, 9.17) is 10.00 Å². The zero-order valence-corrected chi connectivity index (χ0v) is 8.35. The molecule has 0 aromatic rings. The molecule has 0 amide bonds. The lowest BCUT2D eigenvalue weighted by Gasteiger charge is -2.28. The Labute approximate surface area is 74.7 Å². The number of nitrogens with one attached hydrogen (secondary N) is 1. The van der Waals surface area contributed by atoms with Crippen LogP contribution in [0.1, 0.15) is 27.2 Å². The average molecular weight is 170 g/mol. The van der Waals surface area contributed by atoms with E-state index in [1.165, 1.54) is 0 Å². The molecular formula is C9H18N2O. The van der Waals surface area contributed by atoms with Crippen molar-refractivity contribution in [2.24, 2.45) is 0 Å². The second-order valence-electron chi connectivity index (χ2n) is 3.12. The topological polar surface area (TPSA) is 45.0 Å². The van der Waals surface area contributed by atoms with Gasteiger partial charge in [0.2, 0.25) is 0 Å². The average Bonchev–Trinajstić information content (AvgIpc) is 2.12. The lowest BCUT2D eigenvalue weighted by molar-refractivity contribution is 0.0627. The molecule has 0 heterocycles. The van der Waals surface area contributed by atoms with Crippen LogP contribution in [0.5, 0.6) is 0 Å². The zero-order chi connectivity index (χ0) is 9.61. The van der Waals surface area contributed by atoms with Crippen LogP contribution in [0.25, 0.3) is 0 Å². The van der Waals surface area contributed by atoms with E-state index in [0.29, 0.717) is 0 Å². The van der Waals surface area contributed by atoms with Gasteiger partial charge in [0.1, 0.15) is 5.54 Å². The van der Waals surface area contributed by atoms with E-state index >= 15 is 0 Å². The minimum Gasteiger partial charge on any atom is -0.379 e. The second-order valence-corrected chi connectivity index (χ2v) is 3.12. The van der Waals surface area contributed by atoms with Crippen molar-refractivity contribution >= 4 is 0 Å². The van der Waals surface area contributed by atoms with Crippen LogP contribution in [0.2, 0.25) is 0 Å². The van der Waals surface area contributed by atoms with Gasteiger partial charge in [0.05, 0.1) is 12.2 Å². The van der Waals surface area contributed by atoms with Gasteiger partial charge in [0.15, 0.2) is 0 Å². The Morgan fingerprint density at radius 3 is 2.58 bits per heavy atom. The Morgan fingerprint density at radius 2 is 2.25 bits per heavy atom. The Kier molecular flexibility index (Phi) is 4.87. The lowest BCUT2D eigenvalue weighted by atomic mass is 9.98. The number of hydrogen-bond donors (Lipinski definition) is 1. The predicted octanol–water partition coefficient (Wildman–Crippen LogP) is 1.30. The highest BCUT2D eigenvalue weighted by Crippen LogP contribution is 2.11. The van der Waals surface area contributed by atoms with Gasteiger partial charge in [-0.15, -0.1) is 0 Å². The Morgan fingerprint density at radius 1 is 1.67 bits per heavy atom. The highest BCUT2D eigenvalue weighted by molar-refractivity contribution is 5.07. The van der Waals surface area contributed by atoms with Gasteiger partial charge in [-0.1, -0.05) is 6.92 Å². The molecule has 0 aromatic carbocycles. The van der Waals surface area contributed by atoms with Crippen molar-refractivity contribution in [3.8, 4) is 6.07 Å². The van der Waals surface area contributed by atoms with Crippen LogP contribution < -0.4 is 5.32 Å². The molecule has 3 heteroatoms. The van der Waals surface area contributed by atoms with Crippen molar-refractivity contribution in [2.45, 2.75) is 38.8 Å². The van der Waals surface area contributed by atoms with E-state index in [-0.39, 0.29) is 6.10 Å². The molecule has 1 N–H and O–H groups in total. The third-order valence-electron chi connectivity index (χ3n) is 2.14. The van der Waals surface area contributed by atoms with Gasteiger partial charge in [-0.25, -0.2) is 0 Å². The highest BCUT2D eigenvalue weighted by atomic mass is 16.5. The molecule has 0 fully saturated rings. The van der Waals surface area contributed by atoms with Gasteiger partial charge in [0.25, 0.3) is 0 Å². The van der Waals surface area contributed by atoms with Crippen LogP contribution in [-0.4, -0.2) is 25.3 Å². The van der Waals surface area contributed by atoms with Crippen molar-refractivity contribution in [3.63, 3.8) is 0 Å². The molecule has 0 aliphatic rings. The summed E-state index contributed by atoms with van der Waals surface area (Å²) in [5.41, 5.74) is -0.565. The molecule has 0 aromatic heterocycles. The monoisotopic (exact) mass is 170 g/mol. The van der Waals surface area contributed by atoms with E-state index in [1.54, 1.807) is 7.11 Å². The molecule has 0 saturated carbocycles. The molecule has 12 heavy (non-hydrogen) atoms. The maximum absolute atomic E-state index is 8.92. The van der Waals surface area contributed by atoms with Crippen molar-refractivity contribution in [1.29, 1.82) is 5.26 Å². The molecule has 3 nitrogen and oxygen atoms in total. The summed E-state index contributed by atoms with van der Waals surface area (Å²) in [6.07, 6.45) is 0.933. The van der Waals surface area contributed by atoms with Crippen LogP contribution >= 0.6 is 0 Å². The summed E-state index contributed by atoms with van der Waals surface area (Å²) >= 11 is 0. The molecular weight excluding hydrogens is 152 g/mol. The third-order valence-corrected chi connectivity index (χ3v) is 2.14. The van der Waals surface area contributed by atoms with E-state index < -0.39 is 5.54 Å². The Balaban J connectivity index is 4.16. The molecule has 0 bridgehead atoms. The van der Waals surface area contributed by atoms with Crippen LogP contribution in [0.3, 0.4) is 0 Å². The summed E-state index contributed by atoms with van der Waals surface area (Å²) < 4.78 is 5.12. The summed E-state index contributed by atoms with van der Waals surface area (Å²) in [6.45, 7) is 6.67. The fourth-order valence-electron chi connectivity index (χ4n) is 0.895. The number of methoxy groups -OCH3 is 1. The van der Waals surface area contributed by atoms with Gasteiger partial charge >= 0.3 is 0 Å². The van der Waals surface area contributed by atoms with Crippen LogP contribution in [-0.2, 0) is 4.74 Å². The van der Waals surface area contributed by atoms with Crippen LogP contribution in [0.4, 0.5) is 0 Å². The highest BCUT2D eigenvalue weighted by Gasteiger charge is 2.30. The SMILES string of the molecule is CCCNC(C)(C#N)C(C)OC. The summed E-state index contributed by atoms with van der Waals surface area (Å²) in [4.78, 5) is 0. The zero-order valence-electron chi connectivity index (χ0n) is 8.35. The normalized spacial score (nSPS) is 17.9. The van der Waals surface area contributed by atoms with Crippen molar-refractivity contribution in [3.05, 3.63) is 0 Å². The molecule has 0 saturated heterocycles.